The number of Topliss-reactive ketones (excluding diaryl/α,β-unsaturated/α-hetero) is 1. The number of esters is 1. The largest absolute Gasteiger partial charge is 0.460 e. The van der Waals surface area contributed by atoms with E-state index in [4.69, 9.17) is 4.74 Å². The maximum absolute atomic E-state index is 11.7. The number of carbonyl (C=O) groups excluding carboxylic acids is 2. The molecule has 0 amide bonds. The number of benzene rings is 2. The van der Waals surface area contributed by atoms with Crippen molar-refractivity contribution < 1.29 is 14.3 Å². The highest BCUT2D eigenvalue weighted by atomic mass is 16.5. The molecule has 0 saturated carbocycles. The van der Waals surface area contributed by atoms with Crippen molar-refractivity contribution in [2.24, 2.45) is 5.92 Å². The zero-order valence-corrected chi connectivity index (χ0v) is 11.1. The summed E-state index contributed by atoms with van der Waals surface area (Å²) in [5.74, 6) is -1.35. The van der Waals surface area contributed by atoms with Gasteiger partial charge >= 0.3 is 5.97 Å². The highest BCUT2D eigenvalue weighted by Crippen LogP contribution is 2.19. The molecule has 19 heavy (non-hydrogen) atoms. The van der Waals surface area contributed by atoms with E-state index in [1.807, 2.05) is 42.5 Å². The highest BCUT2D eigenvalue weighted by Gasteiger charge is 2.19. The summed E-state index contributed by atoms with van der Waals surface area (Å²) in [7, 11) is 0. The number of ether oxygens (including phenoxy) is 1. The van der Waals surface area contributed by atoms with Gasteiger partial charge in [0.25, 0.3) is 0 Å². The van der Waals surface area contributed by atoms with Crippen LogP contribution in [0.5, 0.6) is 0 Å². The molecule has 3 nitrogen and oxygen atoms in total. The normalized spacial score (nSPS) is 12.1. The van der Waals surface area contributed by atoms with Gasteiger partial charge in [-0.05, 0) is 30.2 Å². The highest BCUT2D eigenvalue weighted by molar-refractivity contribution is 5.97. The van der Waals surface area contributed by atoms with Gasteiger partial charge in [-0.15, -0.1) is 0 Å². The maximum atomic E-state index is 11.7. The molecule has 0 spiro atoms. The lowest BCUT2D eigenvalue weighted by molar-refractivity contribution is -0.151. The predicted molar refractivity (Wildman–Crippen MR) is 73.6 cm³/mol. The number of hydrogen-bond acceptors (Lipinski definition) is 3. The van der Waals surface area contributed by atoms with Gasteiger partial charge in [-0.2, -0.15) is 0 Å². The van der Waals surface area contributed by atoms with Crippen molar-refractivity contribution in [1.82, 2.24) is 0 Å². The van der Waals surface area contributed by atoms with E-state index in [-0.39, 0.29) is 12.4 Å². The summed E-state index contributed by atoms with van der Waals surface area (Å²) in [6, 6.07) is 13.8. The maximum Gasteiger partial charge on any atom is 0.316 e. The van der Waals surface area contributed by atoms with Gasteiger partial charge in [0.15, 0.2) is 0 Å². The van der Waals surface area contributed by atoms with Crippen molar-refractivity contribution in [2.45, 2.75) is 20.5 Å². The lowest BCUT2D eigenvalue weighted by atomic mass is 10.1. The summed E-state index contributed by atoms with van der Waals surface area (Å²) in [5, 5.41) is 2.17. The Bertz CT molecular complexity index is 611. The first kappa shape index (κ1) is 13.3. The van der Waals surface area contributed by atoms with Gasteiger partial charge in [0.1, 0.15) is 18.3 Å². The minimum atomic E-state index is -0.699. The van der Waals surface area contributed by atoms with Gasteiger partial charge in [0, 0.05) is 0 Å². The smallest absolute Gasteiger partial charge is 0.316 e. The molecule has 0 bridgehead atoms. The molecule has 1 unspecified atom stereocenters. The predicted octanol–water partition coefficient (Wildman–Crippen LogP) is 3.11. The molecule has 0 N–H and O–H groups in total. The van der Waals surface area contributed by atoms with Crippen LogP contribution in [0.1, 0.15) is 19.4 Å². The molecule has 0 radical (unpaired) electrons. The molecule has 98 valence electrons. The molecule has 2 aromatic carbocycles. The SMILES string of the molecule is CC(=O)C(C)C(=O)OCc1cccc2ccccc12. The van der Waals surface area contributed by atoms with E-state index in [2.05, 4.69) is 0 Å². The Balaban J connectivity index is 2.14. The van der Waals surface area contributed by atoms with E-state index >= 15 is 0 Å². The summed E-state index contributed by atoms with van der Waals surface area (Å²) in [6.07, 6.45) is 0. The number of fused-ring (bicyclic) bond motifs is 1. The summed E-state index contributed by atoms with van der Waals surface area (Å²) in [4.78, 5) is 22.8. The number of hydrogen-bond donors (Lipinski definition) is 0. The minimum Gasteiger partial charge on any atom is -0.460 e. The third-order valence-electron chi connectivity index (χ3n) is 3.21. The van der Waals surface area contributed by atoms with Crippen LogP contribution in [-0.4, -0.2) is 11.8 Å². The monoisotopic (exact) mass is 256 g/mol. The molecule has 3 heteroatoms. The fourth-order valence-corrected chi connectivity index (χ4v) is 1.86. The van der Waals surface area contributed by atoms with Crippen molar-refractivity contribution in [2.75, 3.05) is 0 Å². The Morgan fingerprint density at radius 1 is 1.11 bits per heavy atom. The molecular weight excluding hydrogens is 240 g/mol. The van der Waals surface area contributed by atoms with Gasteiger partial charge < -0.3 is 4.74 Å². The van der Waals surface area contributed by atoms with Crippen molar-refractivity contribution in [3.63, 3.8) is 0 Å². The van der Waals surface area contributed by atoms with Gasteiger partial charge in [-0.25, -0.2) is 0 Å². The quantitative estimate of drug-likeness (QED) is 0.623. The van der Waals surface area contributed by atoms with Gasteiger partial charge in [0.2, 0.25) is 0 Å². The summed E-state index contributed by atoms with van der Waals surface area (Å²) in [5.41, 5.74) is 0.946. The van der Waals surface area contributed by atoms with E-state index < -0.39 is 11.9 Å². The second kappa shape index (κ2) is 5.65. The zero-order chi connectivity index (χ0) is 13.8. The minimum absolute atomic E-state index is 0.178. The summed E-state index contributed by atoms with van der Waals surface area (Å²) < 4.78 is 5.20. The lowest BCUT2D eigenvalue weighted by Crippen LogP contribution is -2.21. The molecule has 0 fully saturated rings. The van der Waals surface area contributed by atoms with Crippen molar-refractivity contribution in [3.05, 3.63) is 48.0 Å². The lowest BCUT2D eigenvalue weighted by Gasteiger charge is -2.10. The Morgan fingerprint density at radius 2 is 1.79 bits per heavy atom. The molecular formula is C16H16O3. The Kier molecular flexibility index (Phi) is 3.95. The van der Waals surface area contributed by atoms with Crippen molar-refractivity contribution >= 4 is 22.5 Å². The first-order chi connectivity index (χ1) is 9.09. The number of rotatable bonds is 4. The molecule has 0 saturated heterocycles. The average molecular weight is 256 g/mol. The van der Waals surface area contributed by atoms with Crippen LogP contribution in [0.4, 0.5) is 0 Å². The van der Waals surface area contributed by atoms with Crippen LogP contribution < -0.4 is 0 Å². The van der Waals surface area contributed by atoms with Crippen LogP contribution in [0.15, 0.2) is 42.5 Å². The van der Waals surface area contributed by atoms with E-state index in [0.29, 0.717) is 0 Å². The fraction of sp³-hybridized carbons (Fsp3) is 0.250. The van der Waals surface area contributed by atoms with E-state index in [1.165, 1.54) is 6.92 Å². The van der Waals surface area contributed by atoms with Crippen LogP contribution in [0.25, 0.3) is 10.8 Å². The van der Waals surface area contributed by atoms with Crippen LogP contribution in [0.3, 0.4) is 0 Å². The Hall–Kier alpha value is -2.16. The third kappa shape index (κ3) is 2.99. The van der Waals surface area contributed by atoms with E-state index in [1.54, 1.807) is 6.92 Å². The molecule has 2 aromatic rings. The molecule has 0 aliphatic rings. The van der Waals surface area contributed by atoms with Crippen molar-refractivity contribution in [1.29, 1.82) is 0 Å². The van der Waals surface area contributed by atoms with Gasteiger partial charge in [-0.1, -0.05) is 42.5 Å². The molecule has 0 aromatic heterocycles. The average Bonchev–Trinajstić information content (AvgIpc) is 2.43. The summed E-state index contributed by atoms with van der Waals surface area (Å²) in [6.45, 7) is 3.15. The second-order valence-corrected chi connectivity index (χ2v) is 4.58. The fourth-order valence-electron chi connectivity index (χ4n) is 1.86. The van der Waals surface area contributed by atoms with Gasteiger partial charge in [0.05, 0.1) is 0 Å². The zero-order valence-electron chi connectivity index (χ0n) is 11.1. The Labute approximate surface area is 112 Å². The van der Waals surface area contributed by atoms with E-state index in [9.17, 15) is 9.59 Å². The molecule has 2 rings (SSSR count). The first-order valence-corrected chi connectivity index (χ1v) is 6.23. The number of ketones is 1. The molecule has 0 heterocycles. The number of carbonyl (C=O) groups is 2. The molecule has 0 aliphatic carbocycles. The first-order valence-electron chi connectivity index (χ1n) is 6.23. The van der Waals surface area contributed by atoms with Crippen LogP contribution in [-0.2, 0) is 20.9 Å². The van der Waals surface area contributed by atoms with E-state index in [0.717, 1.165) is 16.3 Å². The standard InChI is InChI=1S/C16H16O3/c1-11(12(2)17)16(18)19-10-14-8-5-7-13-6-3-4-9-15(13)14/h3-9,11H,10H2,1-2H3. The second-order valence-electron chi connectivity index (χ2n) is 4.58. The molecule has 1 atom stereocenters. The third-order valence-corrected chi connectivity index (χ3v) is 3.21. The summed E-state index contributed by atoms with van der Waals surface area (Å²) >= 11 is 0. The topological polar surface area (TPSA) is 43.4 Å². The van der Waals surface area contributed by atoms with Crippen LogP contribution in [0, 0.1) is 5.92 Å². The van der Waals surface area contributed by atoms with Gasteiger partial charge in [-0.3, -0.25) is 9.59 Å². The van der Waals surface area contributed by atoms with Crippen LogP contribution >= 0.6 is 0 Å². The molecule has 0 aliphatic heterocycles. The Morgan fingerprint density at radius 3 is 2.53 bits per heavy atom. The van der Waals surface area contributed by atoms with Crippen LogP contribution in [0.2, 0.25) is 0 Å². The van der Waals surface area contributed by atoms with Crippen molar-refractivity contribution in [3.8, 4) is 0 Å².